The van der Waals surface area contributed by atoms with E-state index in [0.29, 0.717) is 10.5 Å². The summed E-state index contributed by atoms with van der Waals surface area (Å²) >= 11 is 1.25. The largest absolute Gasteiger partial charge is 0.395 e. The fourth-order valence-corrected chi connectivity index (χ4v) is 2.20. The Balaban J connectivity index is 3.09. The zero-order chi connectivity index (χ0) is 13.0. The molecular weight excluding hydrogens is 242 g/mol. The first kappa shape index (κ1) is 14.0. The van der Waals surface area contributed by atoms with Crippen LogP contribution < -0.4 is 0 Å². The third-order valence-electron chi connectivity index (χ3n) is 2.25. The topological polar surface area (TPSA) is 83.6 Å². The van der Waals surface area contributed by atoms with E-state index in [4.69, 9.17) is 5.11 Å². The van der Waals surface area contributed by atoms with Crippen molar-refractivity contribution in [3.05, 3.63) is 33.9 Å². The summed E-state index contributed by atoms with van der Waals surface area (Å²) in [7, 11) is 0. The van der Waals surface area contributed by atoms with Crippen LogP contribution in [0.4, 0.5) is 5.69 Å². The van der Waals surface area contributed by atoms with E-state index in [1.54, 1.807) is 26.0 Å². The number of aliphatic hydroxyl groups is 2. The molecule has 6 heteroatoms. The molecule has 2 N–H and O–H groups in total. The van der Waals surface area contributed by atoms with E-state index in [-0.39, 0.29) is 17.5 Å². The normalized spacial score (nSPS) is 14.4. The second-order valence-corrected chi connectivity index (χ2v) is 5.25. The average Bonchev–Trinajstić information content (AvgIpc) is 2.28. The van der Waals surface area contributed by atoms with Crippen molar-refractivity contribution < 1.29 is 15.1 Å². The summed E-state index contributed by atoms with van der Waals surface area (Å²) in [6, 6.07) is 4.64. The molecule has 1 aromatic carbocycles. The van der Waals surface area contributed by atoms with Gasteiger partial charge in [-0.3, -0.25) is 10.1 Å². The minimum atomic E-state index is -0.733. The summed E-state index contributed by atoms with van der Waals surface area (Å²) in [5.74, 6) is 0. The van der Waals surface area contributed by atoms with E-state index in [2.05, 4.69) is 0 Å². The van der Waals surface area contributed by atoms with Crippen molar-refractivity contribution >= 4 is 17.4 Å². The molecule has 94 valence electrons. The van der Waals surface area contributed by atoms with Gasteiger partial charge in [-0.2, -0.15) is 0 Å². The van der Waals surface area contributed by atoms with E-state index in [0.717, 1.165) is 0 Å². The van der Waals surface area contributed by atoms with Gasteiger partial charge in [0.05, 0.1) is 22.5 Å². The molecule has 0 bridgehead atoms. The third-order valence-corrected chi connectivity index (χ3v) is 3.40. The zero-order valence-electron chi connectivity index (χ0n) is 9.66. The second-order valence-electron chi connectivity index (χ2n) is 3.77. The monoisotopic (exact) mass is 257 g/mol. The van der Waals surface area contributed by atoms with Crippen LogP contribution in [0.5, 0.6) is 0 Å². The molecule has 0 heterocycles. The lowest BCUT2D eigenvalue weighted by molar-refractivity contribution is -0.387. The molecule has 2 atom stereocenters. The fourth-order valence-electron chi connectivity index (χ4n) is 1.29. The maximum atomic E-state index is 10.9. The lowest BCUT2D eigenvalue weighted by Gasteiger charge is -2.10. The van der Waals surface area contributed by atoms with Gasteiger partial charge in [0.25, 0.3) is 5.69 Å². The number of nitro groups is 1. The van der Waals surface area contributed by atoms with Gasteiger partial charge in [-0.1, -0.05) is 13.0 Å². The maximum Gasteiger partial charge on any atom is 0.283 e. The van der Waals surface area contributed by atoms with Crippen LogP contribution in [0.15, 0.2) is 23.1 Å². The average molecular weight is 257 g/mol. The number of hydrogen-bond acceptors (Lipinski definition) is 5. The van der Waals surface area contributed by atoms with E-state index < -0.39 is 11.0 Å². The summed E-state index contributed by atoms with van der Waals surface area (Å²) in [6.45, 7) is 3.30. The van der Waals surface area contributed by atoms with Crippen LogP contribution in [-0.4, -0.2) is 27.0 Å². The number of benzene rings is 1. The molecule has 0 aromatic heterocycles. The van der Waals surface area contributed by atoms with Crippen LogP contribution in [0.1, 0.15) is 25.5 Å². The number of thioether (sulfide) groups is 1. The molecule has 0 radical (unpaired) electrons. The van der Waals surface area contributed by atoms with Crippen molar-refractivity contribution in [2.45, 2.75) is 30.1 Å². The summed E-state index contributed by atoms with van der Waals surface area (Å²) in [5.41, 5.74) is 0.478. The Bertz CT molecular complexity index is 408. The van der Waals surface area contributed by atoms with E-state index in [9.17, 15) is 15.2 Å². The Hall–Kier alpha value is -1.11. The molecule has 0 fully saturated rings. The highest BCUT2D eigenvalue weighted by Gasteiger charge is 2.18. The van der Waals surface area contributed by atoms with Crippen LogP contribution in [0.2, 0.25) is 0 Å². The molecule has 0 saturated heterocycles. The van der Waals surface area contributed by atoms with Crippen LogP contribution in [0.25, 0.3) is 0 Å². The van der Waals surface area contributed by atoms with Gasteiger partial charge in [-0.15, -0.1) is 11.8 Å². The minimum Gasteiger partial charge on any atom is -0.395 e. The van der Waals surface area contributed by atoms with Crippen molar-refractivity contribution in [2.24, 2.45) is 0 Å². The first-order valence-electron chi connectivity index (χ1n) is 5.19. The molecule has 17 heavy (non-hydrogen) atoms. The Labute approximate surface area is 104 Å². The molecule has 0 spiro atoms. The minimum absolute atomic E-state index is 0.0336. The highest BCUT2D eigenvalue weighted by Crippen LogP contribution is 2.33. The highest BCUT2D eigenvalue weighted by atomic mass is 32.2. The summed E-state index contributed by atoms with van der Waals surface area (Å²) < 4.78 is 0. The van der Waals surface area contributed by atoms with Gasteiger partial charge in [0.2, 0.25) is 0 Å². The predicted octanol–water partition coefficient (Wildman–Crippen LogP) is 2.12. The number of nitrogens with zero attached hydrogens (tertiary/aromatic N) is 1. The first-order valence-corrected chi connectivity index (χ1v) is 6.07. The predicted molar refractivity (Wildman–Crippen MR) is 66.1 cm³/mol. The summed E-state index contributed by atoms with van der Waals surface area (Å²) in [6.07, 6.45) is -0.733. The fraction of sp³-hybridized carbons (Fsp3) is 0.455. The molecule has 0 saturated carbocycles. The van der Waals surface area contributed by atoms with Gasteiger partial charge >= 0.3 is 0 Å². The molecule has 0 aliphatic rings. The van der Waals surface area contributed by atoms with Crippen molar-refractivity contribution in [2.75, 3.05) is 6.61 Å². The van der Waals surface area contributed by atoms with Crippen molar-refractivity contribution in [3.63, 3.8) is 0 Å². The third kappa shape index (κ3) is 3.69. The van der Waals surface area contributed by atoms with Gasteiger partial charge in [0.15, 0.2) is 0 Å². The van der Waals surface area contributed by atoms with Gasteiger partial charge in [-0.05, 0) is 18.6 Å². The van der Waals surface area contributed by atoms with Crippen molar-refractivity contribution in [1.29, 1.82) is 0 Å². The van der Waals surface area contributed by atoms with Crippen LogP contribution in [0.3, 0.4) is 0 Å². The quantitative estimate of drug-likeness (QED) is 0.479. The Morgan fingerprint density at radius 2 is 2.12 bits per heavy atom. The van der Waals surface area contributed by atoms with Gasteiger partial charge in [-0.25, -0.2) is 0 Å². The molecular formula is C11H15NO4S. The molecule has 1 aromatic rings. The number of aliphatic hydroxyl groups excluding tert-OH is 2. The van der Waals surface area contributed by atoms with Crippen LogP contribution in [-0.2, 0) is 0 Å². The van der Waals surface area contributed by atoms with Crippen molar-refractivity contribution in [1.82, 2.24) is 0 Å². The van der Waals surface area contributed by atoms with Gasteiger partial charge in [0, 0.05) is 11.3 Å². The lowest BCUT2D eigenvalue weighted by Crippen LogP contribution is -2.03. The maximum absolute atomic E-state index is 10.9. The second kappa shape index (κ2) is 6.00. The molecule has 1 rings (SSSR count). The molecule has 5 nitrogen and oxygen atoms in total. The van der Waals surface area contributed by atoms with Crippen LogP contribution >= 0.6 is 11.8 Å². The molecule has 0 aliphatic carbocycles. The standard InChI is InChI=1S/C11H15NO4S/c1-7(6-13)17-11-4-3-9(8(2)14)5-10(11)12(15)16/h3-5,7-8,13-14H,6H2,1-2H3/t7?,8-/m0/s1. The summed E-state index contributed by atoms with van der Waals surface area (Å²) in [4.78, 5) is 10.9. The highest BCUT2D eigenvalue weighted by molar-refractivity contribution is 8.00. The number of nitro benzene ring substituents is 1. The first-order chi connectivity index (χ1) is 7.95. The van der Waals surface area contributed by atoms with E-state index in [1.807, 2.05) is 0 Å². The van der Waals surface area contributed by atoms with Gasteiger partial charge in [0.1, 0.15) is 0 Å². The molecule has 0 amide bonds. The lowest BCUT2D eigenvalue weighted by atomic mass is 10.1. The summed E-state index contributed by atoms with van der Waals surface area (Å²) in [5, 5.41) is 29.1. The SMILES string of the molecule is CC(CO)Sc1ccc([C@H](C)O)cc1[N+](=O)[O-]. The smallest absolute Gasteiger partial charge is 0.283 e. The molecule has 0 aliphatic heterocycles. The molecule has 1 unspecified atom stereocenters. The number of rotatable bonds is 5. The Kier molecular flexibility index (Phi) is 4.92. The Morgan fingerprint density at radius 1 is 1.47 bits per heavy atom. The van der Waals surface area contributed by atoms with E-state index in [1.165, 1.54) is 17.8 Å². The Morgan fingerprint density at radius 3 is 2.59 bits per heavy atom. The number of hydrogen-bond donors (Lipinski definition) is 2. The zero-order valence-corrected chi connectivity index (χ0v) is 10.5. The van der Waals surface area contributed by atoms with Crippen molar-refractivity contribution in [3.8, 4) is 0 Å². The van der Waals surface area contributed by atoms with Gasteiger partial charge < -0.3 is 10.2 Å². The van der Waals surface area contributed by atoms with E-state index >= 15 is 0 Å². The van der Waals surface area contributed by atoms with Crippen LogP contribution in [0, 0.1) is 10.1 Å².